The fourth-order valence-electron chi connectivity index (χ4n) is 5.24. The summed E-state index contributed by atoms with van der Waals surface area (Å²) in [6.07, 6.45) is 1.10. The van der Waals surface area contributed by atoms with Crippen LogP contribution in [0.15, 0.2) is 65.9 Å². The number of rotatable bonds is 8. The van der Waals surface area contributed by atoms with E-state index >= 15 is 0 Å². The molecule has 208 valence electrons. The van der Waals surface area contributed by atoms with Crippen molar-refractivity contribution in [2.45, 2.75) is 44.8 Å². The molecule has 40 heavy (non-hydrogen) atoms. The first kappa shape index (κ1) is 26.9. The third kappa shape index (κ3) is 5.54. The molecule has 3 aromatic rings. The third-order valence-electron chi connectivity index (χ3n) is 7.42. The number of amides is 4. The van der Waals surface area contributed by atoms with Crippen molar-refractivity contribution in [2.24, 2.45) is 11.0 Å². The van der Waals surface area contributed by atoms with Crippen molar-refractivity contribution in [1.29, 1.82) is 0 Å². The zero-order valence-electron chi connectivity index (χ0n) is 22.4. The fraction of sp³-hybridized carbons (Fsp3) is 0.345. The van der Waals surface area contributed by atoms with Crippen molar-refractivity contribution in [3.63, 3.8) is 0 Å². The van der Waals surface area contributed by atoms with E-state index in [0.717, 1.165) is 27.7 Å². The summed E-state index contributed by atoms with van der Waals surface area (Å²) in [5.41, 5.74) is 1.99. The smallest absolute Gasteiger partial charge is 0.405 e. The lowest BCUT2D eigenvalue weighted by Crippen LogP contribution is -2.60. The van der Waals surface area contributed by atoms with Gasteiger partial charge in [0.15, 0.2) is 0 Å². The summed E-state index contributed by atoms with van der Waals surface area (Å²) in [6.45, 7) is 3.76. The maximum Gasteiger partial charge on any atom is 0.405 e. The molecular formula is C29H32N6O5. The fourth-order valence-corrected chi connectivity index (χ4v) is 5.24. The van der Waals surface area contributed by atoms with Crippen molar-refractivity contribution in [3.8, 4) is 0 Å². The summed E-state index contributed by atoms with van der Waals surface area (Å²) in [4.78, 5) is 56.3. The van der Waals surface area contributed by atoms with Gasteiger partial charge in [-0.25, -0.2) is 9.80 Å². The lowest BCUT2D eigenvalue weighted by Gasteiger charge is -2.34. The van der Waals surface area contributed by atoms with E-state index < -0.39 is 29.5 Å². The average Bonchev–Trinajstić information content (AvgIpc) is 3.48. The van der Waals surface area contributed by atoms with Crippen molar-refractivity contribution >= 4 is 40.4 Å². The van der Waals surface area contributed by atoms with E-state index in [4.69, 9.17) is 0 Å². The predicted octanol–water partition coefficient (Wildman–Crippen LogP) is 2.49. The Hall–Kier alpha value is -4.67. The maximum absolute atomic E-state index is 13.9. The first-order valence-electron chi connectivity index (χ1n) is 13.2. The highest BCUT2D eigenvalue weighted by Crippen LogP contribution is 2.26. The van der Waals surface area contributed by atoms with Crippen LogP contribution >= 0.6 is 0 Å². The van der Waals surface area contributed by atoms with Gasteiger partial charge in [-0.15, -0.1) is 0 Å². The number of carbonyl (C=O) groups excluding carboxylic acids is 3. The van der Waals surface area contributed by atoms with Crippen LogP contribution in [-0.2, 0) is 27.3 Å². The first-order valence-corrected chi connectivity index (χ1v) is 13.2. The molecule has 4 N–H and O–H groups in total. The number of hydrogen-bond donors (Lipinski definition) is 4. The summed E-state index contributed by atoms with van der Waals surface area (Å²) in [6, 6.07) is 16.3. The predicted molar refractivity (Wildman–Crippen MR) is 148 cm³/mol. The number of para-hydroxylation sites is 1. The lowest BCUT2D eigenvalue weighted by atomic mass is 9.94. The van der Waals surface area contributed by atoms with E-state index in [1.165, 1.54) is 18.9 Å². The zero-order valence-corrected chi connectivity index (χ0v) is 22.4. The second-order valence-corrected chi connectivity index (χ2v) is 10.7. The minimum absolute atomic E-state index is 0.152. The summed E-state index contributed by atoms with van der Waals surface area (Å²) < 4.78 is 0. The zero-order chi connectivity index (χ0) is 28.4. The number of carbonyl (C=O) groups is 4. The number of likely N-dealkylation sites (tertiary alicyclic amines) is 1. The number of carboxylic acid groups (broad SMARTS) is 1. The molecule has 5 rings (SSSR count). The number of H-pyrrole nitrogens is 1. The molecule has 1 saturated heterocycles. The SMILES string of the molecule is CC(C)(NC(=O)O)C(=O)NC(Cc1c[nH]c2ccccc12)C(=O)N1CCC2=NN(Cc3ccccc3)C(=O)C2C1. The molecule has 1 aromatic heterocycles. The highest BCUT2D eigenvalue weighted by Gasteiger charge is 2.42. The number of benzene rings is 2. The van der Waals surface area contributed by atoms with E-state index in [1.807, 2.05) is 54.6 Å². The molecule has 11 nitrogen and oxygen atoms in total. The second-order valence-electron chi connectivity index (χ2n) is 10.7. The van der Waals surface area contributed by atoms with Crippen molar-refractivity contribution in [2.75, 3.05) is 13.1 Å². The Bertz CT molecular complexity index is 1480. The Morgan fingerprint density at radius 1 is 1.12 bits per heavy atom. The molecule has 3 heterocycles. The maximum atomic E-state index is 13.9. The van der Waals surface area contributed by atoms with E-state index in [9.17, 15) is 24.3 Å². The van der Waals surface area contributed by atoms with Gasteiger partial charge in [-0.3, -0.25) is 14.4 Å². The number of piperidine rings is 1. The highest BCUT2D eigenvalue weighted by molar-refractivity contribution is 6.09. The van der Waals surface area contributed by atoms with E-state index in [0.29, 0.717) is 19.5 Å². The minimum atomic E-state index is -1.47. The van der Waals surface area contributed by atoms with Crippen LogP contribution in [-0.4, -0.2) is 74.2 Å². The van der Waals surface area contributed by atoms with Crippen LogP contribution in [0, 0.1) is 5.92 Å². The van der Waals surface area contributed by atoms with Gasteiger partial charge in [0.25, 0.3) is 5.91 Å². The Morgan fingerprint density at radius 2 is 1.85 bits per heavy atom. The molecule has 2 aromatic carbocycles. The average molecular weight is 545 g/mol. The number of hydrazone groups is 1. The summed E-state index contributed by atoms with van der Waals surface area (Å²) in [5.74, 6) is -1.65. The number of fused-ring (bicyclic) bond motifs is 2. The van der Waals surface area contributed by atoms with Crippen LogP contribution in [0.3, 0.4) is 0 Å². The summed E-state index contributed by atoms with van der Waals surface area (Å²) in [7, 11) is 0. The largest absolute Gasteiger partial charge is 0.465 e. The minimum Gasteiger partial charge on any atom is -0.465 e. The number of nitrogens with zero attached hydrogens (tertiary/aromatic N) is 3. The molecule has 0 bridgehead atoms. The normalized spacial score (nSPS) is 17.8. The van der Waals surface area contributed by atoms with Crippen LogP contribution in [0.5, 0.6) is 0 Å². The van der Waals surface area contributed by atoms with Crippen LogP contribution in [0.4, 0.5) is 4.79 Å². The number of aromatic nitrogens is 1. The molecule has 2 aliphatic rings. The summed E-state index contributed by atoms with van der Waals surface area (Å²) >= 11 is 0. The Morgan fingerprint density at radius 3 is 2.60 bits per heavy atom. The molecule has 2 unspecified atom stereocenters. The van der Waals surface area contributed by atoms with Gasteiger partial charge in [-0.2, -0.15) is 5.10 Å². The topological polar surface area (TPSA) is 147 Å². The van der Waals surface area contributed by atoms with E-state index in [-0.39, 0.29) is 24.8 Å². The highest BCUT2D eigenvalue weighted by atomic mass is 16.4. The number of hydrogen-bond acceptors (Lipinski definition) is 5. The Kier molecular flexibility index (Phi) is 7.29. The van der Waals surface area contributed by atoms with E-state index in [2.05, 4.69) is 20.7 Å². The number of nitrogens with one attached hydrogen (secondary N) is 3. The molecule has 11 heteroatoms. The van der Waals surface area contributed by atoms with Gasteiger partial charge in [0.05, 0.1) is 18.2 Å². The molecule has 0 radical (unpaired) electrons. The molecule has 0 saturated carbocycles. The van der Waals surface area contributed by atoms with Gasteiger partial charge in [-0.1, -0.05) is 48.5 Å². The van der Waals surface area contributed by atoms with Crippen LogP contribution in [0.25, 0.3) is 10.9 Å². The Balaban J connectivity index is 1.34. The van der Waals surface area contributed by atoms with Crippen LogP contribution in [0.1, 0.15) is 31.4 Å². The van der Waals surface area contributed by atoms with Gasteiger partial charge in [-0.05, 0) is 31.0 Å². The number of aromatic amines is 1. The Labute approximate surface area is 231 Å². The van der Waals surface area contributed by atoms with Gasteiger partial charge in [0, 0.05) is 43.0 Å². The molecule has 0 aliphatic carbocycles. The quantitative estimate of drug-likeness (QED) is 0.344. The first-order chi connectivity index (χ1) is 19.1. The molecule has 0 spiro atoms. The lowest BCUT2D eigenvalue weighted by molar-refractivity contribution is -0.140. The van der Waals surface area contributed by atoms with Gasteiger partial charge in [0.2, 0.25) is 11.8 Å². The standard InChI is InChI=1S/C29H32N6O5/c1-29(2,32-28(39)40)27(38)31-24(14-19-15-30-22-11-7-6-10-20(19)22)26(37)34-13-12-23-21(17-34)25(36)35(33-23)16-18-8-4-3-5-9-18/h3-11,15,21,24,30,32H,12-14,16-17H2,1-2H3,(H,31,38)(H,39,40). The van der Waals surface area contributed by atoms with Gasteiger partial charge in [0.1, 0.15) is 11.6 Å². The third-order valence-corrected chi connectivity index (χ3v) is 7.42. The van der Waals surface area contributed by atoms with Crippen LogP contribution in [0.2, 0.25) is 0 Å². The molecule has 1 fully saturated rings. The van der Waals surface area contributed by atoms with Crippen molar-refractivity contribution < 1.29 is 24.3 Å². The molecule has 2 aliphatic heterocycles. The molecule has 2 atom stereocenters. The van der Waals surface area contributed by atoms with Crippen LogP contribution < -0.4 is 10.6 Å². The molecular weight excluding hydrogens is 512 g/mol. The van der Waals surface area contributed by atoms with Crippen molar-refractivity contribution in [1.82, 2.24) is 25.5 Å². The van der Waals surface area contributed by atoms with Gasteiger partial charge >= 0.3 is 6.09 Å². The second kappa shape index (κ2) is 10.8. The van der Waals surface area contributed by atoms with Gasteiger partial charge < -0.3 is 25.6 Å². The van der Waals surface area contributed by atoms with E-state index in [1.54, 1.807) is 11.1 Å². The monoisotopic (exact) mass is 544 g/mol. The summed E-state index contributed by atoms with van der Waals surface area (Å²) in [5, 5.41) is 21.1. The van der Waals surface area contributed by atoms with Crippen molar-refractivity contribution in [3.05, 3.63) is 71.9 Å². The molecule has 4 amide bonds.